The zero-order valence-corrected chi connectivity index (χ0v) is 10.7. The zero-order valence-electron chi connectivity index (χ0n) is 10.7. The molecular weight excluding hydrogens is 210 g/mol. The molecule has 2 nitrogen and oxygen atoms in total. The van der Waals surface area contributed by atoms with Crippen LogP contribution in [-0.4, -0.2) is 18.8 Å². The van der Waals surface area contributed by atoms with Crippen molar-refractivity contribution in [2.45, 2.75) is 38.1 Å². The van der Waals surface area contributed by atoms with Gasteiger partial charge < -0.3 is 10.5 Å². The van der Waals surface area contributed by atoms with E-state index in [1.54, 1.807) is 0 Å². The number of hydrogen-bond acceptors (Lipinski definition) is 2. The molecule has 0 radical (unpaired) electrons. The first-order valence-corrected chi connectivity index (χ1v) is 6.65. The van der Waals surface area contributed by atoms with Gasteiger partial charge in [0.2, 0.25) is 0 Å². The zero-order chi connectivity index (χ0) is 12.1. The van der Waals surface area contributed by atoms with Gasteiger partial charge in [-0.05, 0) is 37.2 Å². The molecule has 1 aliphatic rings. The maximum Gasteiger partial charge on any atom is 0.0469 e. The Bertz CT molecular complexity index is 332. The van der Waals surface area contributed by atoms with E-state index in [0.29, 0.717) is 5.92 Å². The Morgan fingerprint density at radius 2 is 1.88 bits per heavy atom. The lowest BCUT2D eigenvalue weighted by Gasteiger charge is -2.39. The van der Waals surface area contributed by atoms with Gasteiger partial charge in [-0.1, -0.05) is 37.3 Å². The van der Waals surface area contributed by atoms with Gasteiger partial charge in [0.05, 0.1) is 0 Å². The van der Waals surface area contributed by atoms with Crippen molar-refractivity contribution in [1.29, 1.82) is 0 Å². The fourth-order valence-electron chi connectivity index (χ4n) is 2.81. The van der Waals surface area contributed by atoms with Gasteiger partial charge in [0, 0.05) is 18.8 Å². The number of hydrogen-bond donors (Lipinski definition) is 1. The first kappa shape index (κ1) is 12.6. The summed E-state index contributed by atoms with van der Waals surface area (Å²) in [5.41, 5.74) is 7.93. The van der Waals surface area contributed by atoms with Crippen LogP contribution in [0.1, 0.15) is 31.7 Å². The molecule has 1 aromatic rings. The van der Waals surface area contributed by atoms with E-state index < -0.39 is 0 Å². The molecule has 1 aromatic carbocycles. The van der Waals surface area contributed by atoms with Gasteiger partial charge >= 0.3 is 0 Å². The predicted molar refractivity (Wildman–Crippen MR) is 70.9 cm³/mol. The van der Waals surface area contributed by atoms with Crippen LogP contribution in [0.25, 0.3) is 0 Å². The average molecular weight is 233 g/mol. The van der Waals surface area contributed by atoms with Gasteiger partial charge in [-0.3, -0.25) is 0 Å². The van der Waals surface area contributed by atoms with Crippen molar-refractivity contribution in [2.24, 2.45) is 11.7 Å². The first-order valence-electron chi connectivity index (χ1n) is 6.65. The van der Waals surface area contributed by atoms with E-state index in [2.05, 4.69) is 37.3 Å². The Labute approximate surface area is 104 Å². The SMILES string of the molecule is CCC(N)(Cc1ccccc1)C1CCOCC1. The molecule has 0 saturated carbocycles. The molecule has 0 amide bonds. The molecule has 1 unspecified atom stereocenters. The van der Waals surface area contributed by atoms with Crippen molar-refractivity contribution in [3.05, 3.63) is 35.9 Å². The van der Waals surface area contributed by atoms with Crippen LogP contribution in [0.5, 0.6) is 0 Å². The molecule has 17 heavy (non-hydrogen) atoms. The van der Waals surface area contributed by atoms with Crippen LogP contribution in [0.15, 0.2) is 30.3 Å². The number of nitrogens with two attached hydrogens (primary N) is 1. The van der Waals surface area contributed by atoms with Gasteiger partial charge in [-0.2, -0.15) is 0 Å². The Balaban J connectivity index is 2.07. The minimum absolute atomic E-state index is 0.0644. The van der Waals surface area contributed by atoms with E-state index in [-0.39, 0.29) is 5.54 Å². The lowest BCUT2D eigenvalue weighted by molar-refractivity contribution is 0.0369. The summed E-state index contributed by atoms with van der Waals surface area (Å²) in [5, 5.41) is 0. The summed E-state index contributed by atoms with van der Waals surface area (Å²) in [5.74, 6) is 0.599. The van der Waals surface area contributed by atoms with Crippen LogP contribution in [0.2, 0.25) is 0 Å². The Morgan fingerprint density at radius 3 is 2.47 bits per heavy atom. The first-order chi connectivity index (χ1) is 8.24. The second-order valence-corrected chi connectivity index (χ2v) is 5.14. The predicted octanol–water partition coefficient (Wildman–Crippen LogP) is 2.76. The molecule has 0 aromatic heterocycles. The standard InChI is InChI=1S/C15H23NO/c1-2-15(16,14-8-10-17-11-9-14)12-13-6-4-3-5-7-13/h3-7,14H,2,8-12,16H2,1H3. The van der Waals surface area contributed by atoms with Crippen LogP contribution >= 0.6 is 0 Å². The van der Waals surface area contributed by atoms with E-state index in [1.807, 2.05) is 0 Å². The van der Waals surface area contributed by atoms with E-state index >= 15 is 0 Å². The number of ether oxygens (including phenoxy) is 1. The molecule has 0 spiro atoms. The van der Waals surface area contributed by atoms with Gasteiger partial charge in [-0.15, -0.1) is 0 Å². The molecule has 1 aliphatic heterocycles. The topological polar surface area (TPSA) is 35.2 Å². The van der Waals surface area contributed by atoms with Gasteiger partial charge in [-0.25, -0.2) is 0 Å². The lowest BCUT2D eigenvalue weighted by Crippen LogP contribution is -2.50. The normalized spacial score (nSPS) is 21.1. The smallest absolute Gasteiger partial charge is 0.0469 e. The van der Waals surface area contributed by atoms with Gasteiger partial charge in [0.1, 0.15) is 0 Å². The third kappa shape index (κ3) is 3.08. The third-order valence-electron chi connectivity index (χ3n) is 4.07. The van der Waals surface area contributed by atoms with E-state index in [1.165, 1.54) is 5.56 Å². The fraction of sp³-hybridized carbons (Fsp3) is 0.600. The molecule has 2 rings (SSSR count). The van der Waals surface area contributed by atoms with Crippen molar-refractivity contribution in [3.63, 3.8) is 0 Å². The summed E-state index contributed by atoms with van der Waals surface area (Å²) in [7, 11) is 0. The summed E-state index contributed by atoms with van der Waals surface area (Å²) in [4.78, 5) is 0. The summed E-state index contributed by atoms with van der Waals surface area (Å²) in [6, 6.07) is 10.6. The second-order valence-electron chi connectivity index (χ2n) is 5.14. The maximum atomic E-state index is 6.65. The van der Waals surface area contributed by atoms with Crippen molar-refractivity contribution >= 4 is 0 Å². The molecule has 94 valence electrons. The van der Waals surface area contributed by atoms with Crippen molar-refractivity contribution in [1.82, 2.24) is 0 Å². The highest BCUT2D eigenvalue weighted by Crippen LogP contribution is 2.31. The quantitative estimate of drug-likeness (QED) is 0.868. The largest absolute Gasteiger partial charge is 0.381 e. The summed E-state index contributed by atoms with van der Waals surface area (Å²) in [6.45, 7) is 3.95. The molecule has 0 bridgehead atoms. The van der Waals surface area contributed by atoms with Crippen LogP contribution in [0.4, 0.5) is 0 Å². The van der Waals surface area contributed by atoms with E-state index in [9.17, 15) is 0 Å². The minimum atomic E-state index is -0.0644. The second kappa shape index (κ2) is 5.65. The highest BCUT2D eigenvalue weighted by Gasteiger charge is 2.34. The summed E-state index contributed by atoms with van der Waals surface area (Å²) >= 11 is 0. The maximum absolute atomic E-state index is 6.65. The van der Waals surface area contributed by atoms with Crippen LogP contribution < -0.4 is 5.73 Å². The molecule has 2 heteroatoms. The fourth-order valence-corrected chi connectivity index (χ4v) is 2.81. The molecule has 1 fully saturated rings. The van der Waals surface area contributed by atoms with Crippen molar-refractivity contribution in [2.75, 3.05) is 13.2 Å². The summed E-state index contributed by atoms with van der Waals surface area (Å²) in [6.07, 6.45) is 4.23. The Kier molecular flexibility index (Phi) is 4.19. The van der Waals surface area contributed by atoms with E-state index in [4.69, 9.17) is 10.5 Å². The number of rotatable bonds is 4. The van der Waals surface area contributed by atoms with Crippen molar-refractivity contribution < 1.29 is 4.74 Å². The lowest BCUT2D eigenvalue weighted by atomic mass is 9.74. The van der Waals surface area contributed by atoms with Crippen molar-refractivity contribution in [3.8, 4) is 0 Å². The third-order valence-corrected chi connectivity index (χ3v) is 4.07. The average Bonchev–Trinajstić information content (AvgIpc) is 2.41. The molecule has 1 atom stereocenters. The molecule has 0 aliphatic carbocycles. The Morgan fingerprint density at radius 1 is 1.24 bits per heavy atom. The Hall–Kier alpha value is -0.860. The highest BCUT2D eigenvalue weighted by atomic mass is 16.5. The van der Waals surface area contributed by atoms with E-state index in [0.717, 1.165) is 38.9 Å². The molecule has 1 saturated heterocycles. The summed E-state index contributed by atoms with van der Waals surface area (Å²) < 4.78 is 5.43. The molecule has 1 heterocycles. The van der Waals surface area contributed by atoms with Crippen LogP contribution in [0.3, 0.4) is 0 Å². The van der Waals surface area contributed by atoms with Crippen LogP contribution in [0, 0.1) is 5.92 Å². The highest BCUT2D eigenvalue weighted by molar-refractivity contribution is 5.18. The monoisotopic (exact) mass is 233 g/mol. The molecule has 2 N–H and O–H groups in total. The number of benzene rings is 1. The van der Waals surface area contributed by atoms with Gasteiger partial charge in [0.15, 0.2) is 0 Å². The molecular formula is C15H23NO. The van der Waals surface area contributed by atoms with Crippen LogP contribution in [-0.2, 0) is 11.2 Å². The van der Waals surface area contributed by atoms with Gasteiger partial charge in [0.25, 0.3) is 0 Å². The minimum Gasteiger partial charge on any atom is -0.381 e.